The third-order valence-corrected chi connectivity index (χ3v) is 6.06. The lowest BCUT2D eigenvalue weighted by atomic mass is 9.90. The maximum Gasteiger partial charge on any atom is 0.343 e. The van der Waals surface area contributed by atoms with Gasteiger partial charge in [-0.25, -0.2) is 4.79 Å². The highest BCUT2D eigenvalue weighted by Crippen LogP contribution is 2.42. The maximum atomic E-state index is 12.9. The van der Waals surface area contributed by atoms with Crippen molar-refractivity contribution in [3.05, 3.63) is 101 Å². The molecule has 1 amide bonds. The second-order valence-corrected chi connectivity index (χ2v) is 8.29. The normalized spacial score (nSPS) is 16.5. The van der Waals surface area contributed by atoms with Gasteiger partial charge in [-0.05, 0) is 66.1 Å². The summed E-state index contributed by atoms with van der Waals surface area (Å²) < 4.78 is 5.61. The third-order valence-electron chi connectivity index (χ3n) is 6.06. The number of nitrogens with two attached hydrogens (primary N) is 1. The Morgan fingerprint density at radius 3 is 2.21 bits per heavy atom. The highest BCUT2D eigenvalue weighted by Gasteiger charge is 2.45. The van der Waals surface area contributed by atoms with Gasteiger partial charge in [-0.1, -0.05) is 48.5 Å². The van der Waals surface area contributed by atoms with E-state index < -0.39 is 17.5 Å². The zero-order chi connectivity index (χ0) is 23.2. The average Bonchev–Trinajstić information content (AvgIpc) is 3.18. The molecule has 1 unspecified atom stereocenters. The molecule has 164 valence electrons. The van der Waals surface area contributed by atoms with Crippen LogP contribution in [0.2, 0.25) is 0 Å². The Balaban J connectivity index is 1.45. The van der Waals surface area contributed by atoms with Crippen molar-refractivity contribution in [3.8, 4) is 5.75 Å². The first kappa shape index (κ1) is 20.6. The lowest BCUT2D eigenvalue weighted by Gasteiger charge is -2.30. The molecule has 0 bridgehead atoms. The first-order valence-corrected chi connectivity index (χ1v) is 10.7. The van der Waals surface area contributed by atoms with Gasteiger partial charge < -0.3 is 21.1 Å². The Morgan fingerprint density at radius 1 is 0.788 bits per heavy atom. The van der Waals surface area contributed by atoms with Gasteiger partial charge in [-0.3, -0.25) is 4.79 Å². The molecule has 33 heavy (non-hydrogen) atoms. The van der Waals surface area contributed by atoms with Crippen LogP contribution in [0.25, 0.3) is 10.8 Å². The number of carbonyl (C=O) groups is 2. The number of hydrogen-bond donors (Lipinski definition) is 3. The number of aryl methyl sites for hydroxylation is 2. The predicted molar refractivity (Wildman–Crippen MR) is 129 cm³/mol. The van der Waals surface area contributed by atoms with E-state index in [-0.39, 0.29) is 0 Å². The molecular weight excluding hydrogens is 414 g/mol. The highest BCUT2D eigenvalue weighted by atomic mass is 16.5. The van der Waals surface area contributed by atoms with E-state index in [1.807, 2.05) is 68.4 Å². The number of nitrogens with one attached hydrogen (secondary N) is 2. The van der Waals surface area contributed by atoms with Crippen LogP contribution in [-0.2, 0) is 10.5 Å². The minimum Gasteiger partial charge on any atom is -0.423 e. The molecule has 6 nitrogen and oxygen atoms in total. The summed E-state index contributed by atoms with van der Waals surface area (Å²) in [6.07, 6.45) is 0. The van der Waals surface area contributed by atoms with Crippen molar-refractivity contribution in [3.63, 3.8) is 0 Å². The smallest absolute Gasteiger partial charge is 0.343 e. The Bertz CT molecular complexity index is 1410. The molecular formula is C27H23N3O3. The van der Waals surface area contributed by atoms with E-state index in [2.05, 4.69) is 10.6 Å². The van der Waals surface area contributed by atoms with Crippen LogP contribution in [0.15, 0.2) is 78.9 Å². The highest BCUT2D eigenvalue weighted by molar-refractivity contribution is 6.00. The molecule has 0 fully saturated rings. The Morgan fingerprint density at radius 2 is 1.48 bits per heavy atom. The molecule has 1 aliphatic rings. The summed E-state index contributed by atoms with van der Waals surface area (Å²) >= 11 is 0. The van der Waals surface area contributed by atoms with E-state index in [1.165, 1.54) is 0 Å². The molecule has 0 spiro atoms. The van der Waals surface area contributed by atoms with Gasteiger partial charge in [-0.15, -0.1) is 0 Å². The van der Waals surface area contributed by atoms with E-state index in [9.17, 15) is 9.59 Å². The van der Waals surface area contributed by atoms with Crippen molar-refractivity contribution in [2.75, 3.05) is 10.6 Å². The van der Waals surface area contributed by atoms with Gasteiger partial charge in [0.15, 0.2) is 0 Å². The van der Waals surface area contributed by atoms with Crippen LogP contribution in [0.3, 0.4) is 0 Å². The van der Waals surface area contributed by atoms with Gasteiger partial charge in [0.1, 0.15) is 5.75 Å². The molecule has 5 rings (SSSR count). The van der Waals surface area contributed by atoms with Gasteiger partial charge in [0.25, 0.3) is 5.91 Å². The molecule has 0 saturated heterocycles. The fourth-order valence-electron chi connectivity index (χ4n) is 4.49. The largest absolute Gasteiger partial charge is 0.423 e. The molecule has 0 saturated carbocycles. The van der Waals surface area contributed by atoms with E-state index in [1.54, 1.807) is 24.3 Å². The van der Waals surface area contributed by atoms with Crippen molar-refractivity contribution < 1.29 is 14.3 Å². The summed E-state index contributed by atoms with van der Waals surface area (Å²) in [7, 11) is 0. The second kappa shape index (κ2) is 7.67. The van der Waals surface area contributed by atoms with Crippen molar-refractivity contribution in [2.45, 2.75) is 19.5 Å². The van der Waals surface area contributed by atoms with Crippen LogP contribution in [-0.4, -0.2) is 11.9 Å². The second-order valence-electron chi connectivity index (χ2n) is 8.29. The summed E-state index contributed by atoms with van der Waals surface area (Å²) in [5.41, 5.74) is 8.83. The number of benzene rings is 4. The number of rotatable bonds is 4. The van der Waals surface area contributed by atoms with E-state index >= 15 is 0 Å². The number of primary amides is 1. The fraction of sp³-hybridized carbons (Fsp3) is 0.111. The number of amides is 1. The SMILES string of the molecule is Cc1cccc(C)c1C1(C(N)=O)Nc2ccc(C(=O)Oc3ccc4ccccc4c3)cc2N1. The van der Waals surface area contributed by atoms with Crippen LogP contribution in [0.4, 0.5) is 11.4 Å². The molecule has 1 atom stereocenters. The summed E-state index contributed by atoms with van der Waals surface area (Å²) in [5.74, 6) is -0.581. The molecule has 4 aromatic carbocycles. The quantitative estimate of drug-likeness (QED) is 0.313. The zero-order valence-corrected chi connectivity index (χ0v) is 18.3. The number of esters is 1. The molecule has 0 aromatic heterocycles. The van der Waals surface area contributed by atoms with Gasteiger partial charge in [0.2, 0.25) is 5.66 Å². The minimum absolute atomic E-state index is 0.359. The van der Waals surface area contributed by atoms with E-state index in [0.29, 0.717) is 22.7 Å². The molecule has 1 heterocycles. The molecule has 4 N–H and O–H groups in total. The van der Waals surface area contributed by atoms with Crippen molar-refractivity contribution >= 4 is 34.0 Å². The Kier molecular flexibility index (Phi) is 4.78. The topological polar surface area (TPSA) is 93.5 Å². The molecule has 6 heteroatoms. The van der Waals surface area contributed by atoms with Crippen molar-refractivity contribution in [1.82, 2.24) is 0 Å². The summed E-state index contributed by atoms with van der Waals surface area (Å²) in [4.78, 5) is 25.5. The van der Waals surface area contributed by atoms with Crippen LogP contribution < -0.4 is 21.1 Å². The van der Waals surface area contributed by atoms with Gasteiger partial charge >= 0.3 is 5.97 Å². The standard InChI is InChI=1S/C27H23N3O3/c1-16-6-5-7-17(2)24(16)27(26(28)32)29-22-13-11-20(15-23(22)30-27)25(31)33-21-12-10-18-8-3-4-9-19(18)14-21/h3-15,29-30H,1-2H3,(H2,28,32). The minimum atomic E-state index is -1.31. The number of fused-ring (bicyclic) bond motifs is 2. The lowest BCUT2D eigenvalue weighted by molar-refractivity contribution is -0.121. The number of ether oxygens (including phenoxy) is 1. The lowest BCUT2D eigenvalue weighted by Crippen LogP contribution is -2.51. The van der Waals surface area contributed by atoms with Gasteiger partial charge in [-0.2, -0.15) is 0 Å². The molecule has 0 radical (unpaired) electrons. The van der Waals surface area contributed by atoms with Gasteiger partial charge in [0.05, 0.1) is 16.9 Å². The molecule has 4 aromatic rings. The number of carbonyl (C=O) groups excluding carboxylic acids is 2. The molecule has 0 aliphatic carbocycles. The zero-order valence-electron chi connectivity index (χ0n) is 18.3. The Hall–Kier alpha value is -4.32. The summed E-state index contributed by atoms with van der Waals surface area (Å²) in [6.45, 7) is 3.87. The van der Waals surface area contributed by atoms with Crippen LogP contribution in [0.5, 0.6) is 5.75 Å². The van der Waals surface area contributed by atoms with Crippen molar-refractivity contribution in [2.24, 2.45) is 5.73 Å². The Labute approximate surface area is 191 Å². The van der Waals surface area contributed by atoms with Crippen LogP contribution >= 0.6 is 0 Å². The number of hydrogen-bond acceptors (Lipinski definition) is 5. The molecule has 1 aliphatic heterocycles. The summed E-state index contributed by atoms with van der Waals surface area (Å²) in [6, 6.07) is 24.3. The van der Waals surface area contributed by atoms with E-state index in [4.69, 9.17) is 10.5 Å². The van der Waals surface area contributed by atoms with Gasteiger partial charge in [0, 0.05) is 5.56 Å². The summed E-state index contributed by atoms with van der Waals surface area (Å²) in [5, 5.41) is 8.54. The first-order chi connectivity index (χ1) is 15.9. The van der Waals surface area contributed by atoms with Crippen LogP contribution in [0, 0.1) is 13.8 Å². The van der Waals surface area contributed by atoms with Crippen molar-refractivity contribution in [1.29, 1.82) is 0 Å². The number of anilines is 2. The predicted octanol–water partition coefficient (Wildman–Crippen LogP) is 4.85. The fourth-order valence-corrected chi connectivity index (χ4v) is 4.49. The van der Waals surface area contributed by atoms with E-state index in [0.717, 1.165) is 27.5 Å². The third kappa shape index (κ3) is 3.46. The average molecular weight is 437 g/mol. The van der Waals surface area contributed by atoms with Crippen LogP contribution in [0.1, 0.15) is 27.0 Å². The first-order valence-electron chi connectivity index (χ1n) is 10.7. The monoisotopic (exact) mass is 437 g/mol. The maximum absolute atomic E-state index is 12.9.